The Morgan fingerprint density at radius 2 is 2.25 bits per heavy atom. The predicted octanol–water partition coefficient (Wildman–Crippen LogP) is 0.244. The molecule has 3 atom stereocenters. The van der Waals surface area contributed by atoms with Crippen LogP contribution in [0.3, 0.4) is 0 Å². The van der Waals surface area contributed by atoms with Gasteiger partial charge in [0.15, 0.2) is 0 Å². The first-order chi connectivity index (χ1) is 9.26. The molecule has 20 heavy (non-hydrogen) atoms. The number of thioether (sulfide) groups is 1. The van der Waals surface area contributed by atoms with Gasteiger partial charge < -0.3 is 19.8 Å². The number of hydrogen-bond acceptors (Lipinski definition) is 5. The van der Waals surface area contributed by atoms with Crippen molar-refractivity contribution in [2.75, 3.05) is 11.9 Å². The molecule has 7 nitrogen and oxygen atoms in total. The molecule has 0 aromatic heterocycles. The summed E-state index contributed by atoms with van der Waals surface area (Å²) in [7, 11) is -4.29. The quantitative estimate of drug-likeness (QED) is 0.490. The van der Waals surface area contributed by atoms with Gasteiger partial charge in [-0.1, -0.05) is 0 Å². The number of nitrogens with zero attached hydrogens (tertiary/aromatic N) is 2. The number of nitriles is 1. The molecule has 0 spiro atoms. The van der Waals surface area contributed by atoms with Gasteiger partial charge in [0.25, 0.3) is 0 Å². The lowest BCUT2D eigenvalue weighted by molar-refractivity contribution is -0.157. The maximum absolute atomic E-state index is 12.0. The summed E-state index contributed by atoms with van der Waals surface area (Å²) >= 11 is 1.20. The van der Waals surface area contributed by atoms with Crippen molar-refractivity contribution in [2.24, 2.45) is 5.92 Å². The number of carbonyl (C=O) groups is 1. The zero-order valence-corrected chi connectivity index (χ0v) is 12.5. The molecule has 3 N–H and O–H groups in total. The third-order valence-electron chi connectivity index (χ3n) is 3.46. The summed E-state index contributed by atoms with van der Waals surface area (Å²) < 4.78 is 11.2. The smallest absolute Gasteiger partial charge is 0.331 e. The van der Waals surface area contributed by atoms with Gasteiger partial charge in [0.05, 0.1) is 36.0 Å². The van der Waals surface area contributed by atoms with Crippen LogP contribution < -0.4 is 0 Å². The SMILES string of the molecule is C[C@@H](O)[C@H]1C(=O)N2C(CP(=O)(O)O)=C(SCC#N)C[C@H]12. The van der Waals surface area contributed by atoms with E-state index < -0.39 is 25.8 Å². The second-order valence-corrected chi connectivity index (χ2v) is 7.60. The fraction of sp³-hybridized carbons (Fsp3) is 0.636. The maximum Gasteiger partial charge on any atom is 0.331 e. The van der Waals surface area contributed by atoms with Crippen molar-refractivity contribution in [3.63, 3.8) is 0 Å². The Bertz CT molecular complexity index is 550. The largest absolute Gasteiger partial charge is 0.393 e. The highest BCUT2D eigenvalue weighted by Gasteiger charge is 2.55. The van der Waals surface area contributed by atoms with Crippen LogP contribution in [0.2, 0.25) is 0 Å². The van der Waals surface area contributed by atoms with Crippen molar-refractivity contribution in [3.8, 4) is 6.07 Å². The minimum atomic E-state index is -4.29. The summed E-state index contributed by atoms with van der Waals surface area (Å²) in [4.78, 5) is 32.3. The molecule has 0 aromatic carbocycles. The number of allylic oxidation sites excluding steroid dienone is 1. The van der Waals surface area contributed by atoms with Crippen LogP contribution in [0.25, 0.3) is 0 Å². The van der Waals surface area contributed by atoms with Gasteiger partial charge in [0, 0.05) is 17.0 Å². The number of β-lactam (4-membered cyclic amide) rings is 1. The molecule has 2 aliphatic rings. The first kappa shape index (κ1) is 15.5. The average molecular weight is 318 g/mol. The van der Waals surface area contributed by atoms with Crippen LogP contribution in [0.5, 0.6) is 0 Å². The lowest BCUT2D eigenvalue weighted by atomic mass is 9.83. The molecule has 0 saturated carbocycles. The number of fused-ring (bicyclic) bond motifs is 1. The second kappa shape index (κ2) is 5.51. The van der Waals surface area contributed by atoms with E-state index in [2.05, 4.69) is 0 Å². The van der Waals surface area contributed by atoms with Gasteiger partial charge in [-0.2, -0.15) is 5.26 Å². The lowest BCUT2D eigenvalue weighted by Crippen LogP contribution is -2.61. The van der Waals surface area contributed by atoms with Gasteiger partial charge in [-0.25, -0.2) is 0 Å². The summed E-state index contributed by atoms with van der Waals surface area (Å²) in [5, 5.41) is 18.2. The number of aliphatic hydroxyl groups excluding tert-OH is 1. The van der Waals surface area contributed by atoms with Crippen LogP contribution in [0, 0.1) is 17.2 Å². The number of amides is 1. The molecule has 0 aromatic rings. The van der Waals surface area contributed by atoms with Crippen molar-refractivity contribution in [1.82, 2.24) is 4.90 Å². The van der Waals surface area contributed by atoms with Crippen LogP contribution in [0.15, 0.2) is 10.6 Å². The van der Waals surface area contributed by atoms with Crippen LogP contribution in [-0.4, -0.2) is 49.8 Å². The second-order valence-electron chi connectivity index (χ2n) is 4.89. The van der Waals surface area contributed by atoms with Crippen LogP contribution in [-0.2, 0) is 9.36 Å². The molecule has 2 rings (SSSR count). The normalized spacial score (nSPS) is 27.1. The summed E-state index contributed by atoms with van der Waals surface area (Å²) in [5.41, 5.74) is 0.311. The summed E-state index contributed by atoms with van der Waals surface area (Å²) in [6.07, 6.45) is -0.848. The molecule has 0 bridgehead atoms. The molecule has 0 unspecified atom stereocenters. The van der Waals surface area contributed by atoms with Crippen molar-refractivity contribution in [3.05, 3.63) is 10.6 Å². The zero-order chi connectivity index (χ0) is 15.1. The van der Waals surface area contributed by atoms with Gasteiger partial charge in [-0.3, -0.25) is 9.36 Å². The van der Waals surface area contributed by atoms with E-state index in [0.717, 1.165) is 0 Å². The predicted molar refractivity (Wildman–Crippen MR) is 72.4 cm³/mol. The highest BCUT2D eigenvalue weighted by molar-refractivity contribution is 8.03. The molecule has 110 valence electrons. The van der Waals surface area contributed by atoms with Gasteiger partial charge in [0.2, 0.25) is 5.91 Å². The molecule has 1 fully saturated rings. The Hall–Kier alpha value is -0.840. The highest BCUT2D eigenvalue weighted by Crippen LogP contribution is 2.51. The van der Waals surface area contributed by atoms with Crippen molar-refractivity contribution < 1.29 is 24.3 Å². The van der Waals surface area contributed by atoms with E-state index in [-0.39, 0.29) is 17.7 Å². The summed E-state index contributed by atoms with van der Waals surface area (Å²) in [5.74, 6) is -0.670. The fourth-order valence-electron chi connectivity index (χ4n) is 2.71. The van der Waals surface area contributed by atoms with Gasteiger partial charge >= 0.3 is 7.60 Å². The van der Waals surface area contributed by atoms with Crippen LogP contribution in [0.4, 0.5) is 0 Å². The summed E-state index contributed by atoms with van der Waals surface area (Å²) in [6, 6.07) is 1.71. The van der Waals surface area contributed by atoms with Crippen molar-refractivity contribution in [1.29, 1.82) is 5.26 Å². The van der Waals surface area contributed by atoms with Crippen LogP contribution >= 0.6 is 19.4 Å². The van der Waals surface area contributed by atoms with Gasteiger partial charge in [-0.05, 0) is 6.92 Å². The third-order valence-corrected chi connectivity index (χ3v) is 5.20. The summed E-state index contributed by atoms with van der Waals surface area (Å²) in [6.45, 7) is 1.53. The molecule has 9 heteroatoms. The fourth-order valence-corrected chi connectivity index (χ4v) is 4.41. The van der Waals surface area contributed by atoms with E-state index >= 15 is 0 Å². The van der Waals surface area contributed by atoms with E-state index in [4.69, 9.17) is 15.0 Å². The molecule has 2 heterocycles. The van der Waals surface area contributed by atoms with E-state index in [1.165, 1.54) is 23.6 Å². The van der Waals surface area contributed by atoms with Crippen molar-refractivity contribution in [2.45, 2.75) is 25.5 Å². The molecule has 1 amide bonds. The standard InChI is InChI=1S/C11H15N2O5PS/c1-6(14)10-7-4-9(20-3-2-12)8(5-19(16,17)18)13(7)11(10)15/h6-7,10,14H,3-5H2,1H3,(H2,16,17,18)/t6-,7-,10-/m1/s1. The minimum absolute atomic E-state index is 0.161. The molecule has 1 saturated heterocycles. The molecular weight excluding hydrogens is 303 g/mol. The monoisotopic (exact) mass is 318 g/mol. The first-order valence-corrected chi connectivity index (χ1v) is 8.82. The van der Waals surface area contributed by atoms with E-state index in [1.54, 1.807) is 0 Å². The highest BCUT2D eigenvalue weighted by atomic mass is 32.2. The Morgan fingerprint density at radius 3 is 2.75 bits per heavy atom. The molecular formula is C11H15N2O5PS. The van der Waals surface area contributed by atoms with E-state index in [0.29, 0.717) is 17.0 Å². The maximum atomic E-state index is 12.0. The third kappa shape index (κ3) is 2.78. The van der Waals surface area contributed by atoms with Crippen LogP contribution in [0.1, 0.15) is 13.3 Å². The number of aliphatic hydroxyl groups is 1. The average Bonchev–Trinajstić information content (AvgIpc) is 2.57. The number of carbonyl (C=O) groups excluding carboxylic acids is 1. The van der Waals surface area contributed by atoms with E-state index in [9.17, 15) is 14.5 Å². The first-order valence-electron chi connectivity index (χ1n) is 6.03. The minimum Gasteiger partial charge on any atom is -0.393 e. The molecule has 0 aliphatic carbocycles. The topological polar surface area (TPSA) is 122 Å². The lowest BCUT2D eigenvalue weighted by Gasteiger charge is -2.45. The Morgan fingerprint density at radius 1 is 1.60 bits per heavy atom. The zero-order valence-electron chi connectivity index (χ0n) is 10.8. The number of rotatable bonds is 5. The number of hydrogen-bond donors (Lipinski definition) is 3. The Balaban J connectivity index is 2.25. The van der Waals surface area contributed by atoms with E-state index in [1.807, 2.05) is 6.07 Å². The molecule has 0 radical (unpaired) electrons. The molecule has 2 aliphatic heterocycles. The Kier molecular flexibility index (Phi) is 4.28. The van der Waals surface area contributed by atoms with Gasteiger partial charge in [-0.15, -0.1) is 11.8 Å². The van der Waals surface area contributed by atoms with Gasteiger partial charge in [0.1, 0.15) is 0 Å². The van der Waals surface area contributed by atoms with Crippen molar-refractivity contribution >= 4 is 25.3 Å². The Labute approximate surface area is 120 Å².